The first kappa shape index (κ1) is 11.9. The van der Waals surface area contributed by atoms with Gasteiger partial charge in [0.1, 0.15) is 11.5 Å². The number of benzene rings is 2. The Kier molecular flexibility index (Phi) is 3.34. The zero-order chi connectivity index (χ0) is 12.4. The van der Waals surface area contributed by atoms with Crippen LogP contribution in [0.25, 0.3) is 10.8 Å². The molecule has 0 amide bonds. The highest BCUT2D eigenvalue weighted by atomic mass is 35.5. The number of alkyl halides is 1. The number of aromatic hydroxyl groups is 1. The Morgan fingerprint density at radius 1 is 1.24 bits per heavy atom. The monoisotopic (exact) mass is 248 g/mol. The van der Waals surface area contributed by atoms with Gasteiger partial charge in [-0.3, -0.25) is 4.79 Å². The van der Waals surface area contributed by atoms with Crippen molar-refractivity contribution in [1.29, 1.82) is 0 Å². The lowest BCUT2D eigenvalue weighted by atomic mass is 9.99. The fraction of sp³-hybridized carbons (Fsp3) is 0.214. The van der Waals surface area contributed by atoms with Crippen LogP contribution in [0.2, 0.25) is 0 Å². The van der Waals surface area contributed by atoms with E-state index in [0.717, 1.165) is 16.3 Å². The molecule has 0 radical (unpaired) electrons. The van der Waals surface area contributed by atoms with E-state index in [1.807, 2.05) is 24.3 Å². The fourth-order valence-corrected chi connectivity index (χ4v) is 2.04. The van der Waals surface area contributed by atoms with Gasteiger partial charge in [-0.05, 0) is 30.4 Å². The molecule has 0 spiro atoms. The predicted molar refractivity (Wildman–Crippen MR) is 69.6 cm³/mol. The van der Waals surface area contributed by atoms with Gasteiger partial charge in [-0.1, -0.05) is 30.3 Å². The molecule has 0 aromatic heterocycles. The van der Waals surface area contributed by atoms with Gasteiger partial charge in [0.2, 0.25) is 0 Å². The van der Waals surface area contributed by atoms with Gasteiger partial charge in [-0.2, -0.15) is 0 Å². The van der Waals surface area contributed by atoms with E-state index in [0.29, 0.717) is 6.42 Å². The van der Waals surface area contributed by atoms with Crippen LogP contribution in [0.5, 0.6) is 5.75 Å². The van der Waals surface area contributed by atoms with E-state index in [9.17, 15) is 9.90 Å². The standard InChI is InChI=1S/C14H13ClO2/c1-9(16)13(15)8-10-4-2-6-12-11(10)5-3-7-14(12)17/h2-7,13,17H,8H2,1H3. The average Bonchev–Trinajstić information content (AvgIpc) is 2.30. The Morgan fingerprint density at radius 2 is 1.88 bits per heavy atom. The summed E-state index contributed by atoms with van der Waals surface area (Å²) in [6.07, 6.45) is 0.484. The number of ketones is 1. The van der Waals surface area contributed by atoms with Gasteiger partial charge < -0.3 is 5.11 Å². The Bertz CT molecular complexity index is 563. The second-order valence-corrected chi connectivity index (χ2v) is 4.60. The summed E-state index contributed by atoms with van der Waals surface area (Å²) in [4.78, 5) is 11.2. The van der Waals surface area contributed by atoms with Gasteiger partial charge in [0.05, 0.1) is 5.38 Å². The number of hydrogen-bond acceptors (Lipinski definition) is 2. The highest BCUT2D eigenvalue weighted by Gasteiger charge is 2.13. The maximum atomic E-state index is 11.2. The molecule has 2 aromatic carbocycles. The van der Waals surface area contributed by atoms with Gasteiger partial charge >= 0.3 is 0 Å². The van der Waals surface area contributed by atoms with Crippen molar-refractivity contribution >= 4 is 28.2 Å². The molecule has 0 saturated heterocycles. The molecule has 2 aromatic rings. The zero-order valence-corrected chi connectivity index (χ0v) is 10.2. The predicted octanol–water partition coefficient (Wildman–Crippen LogP) is 3.28. The van der Waals surface area contributed by atoms with Crippen molar-refractivity contribution in [3.8, 4) is 5.75 Å². The van der Waals surface area contributed by atoms with Crippen LogP contribution in [0.3, 0.4) is 0 Å². The van der Waals surface area contributed by atoms with Crippen molar-refractivity contribution in [3.63, 3.8) is 0 Å². The van der Waals surface area contributed by atoms with Crippen molar-refractivity contribution < 1.29 is 9.90 Å². The van der Waals surface area contributed by atoms with Gasteiger partial charge in [0.15, 0.2) is 0 Å². The number of Topliss-reactive ketones (excluding diaryl/α,β-unsaturated/α-hetero) is 1. The third-order valence-corrected chi connectivity index (χ3v) is 3.29. The Hall–Kier alpha value is -1.54. The molecule has 0 heterocycles. The van der Waals surface area contributed by atoms with Crippen molar-refractivity contribution in [2.75, 3.05) is 0 Å². The number of hydrogen-bond donors (Lipinski definition) is 1. The minimum Gasteiger partial charge on any atom is -0.507 e. The minimum absolute atomic E-state index is 0.0381. The smallest absolute Gasteiger partial charge is 0.147 e. The van der Waals surface area contributed by atoms with E-state index in [1.165, 1.54) is 6.92 Å². The first-order valence-electron chi connectivity index (χ1n) is 5.43. The first-order valence-corrected chi connectivity index (χ1v) is 5.87. The molecular formula is C14H13ClO2. The van der Waals surface area contributed by atoms with Crippen LogP contribution in [-0.2, 0) is 11.2 Å². The summed E-state index contributed by atoms with van der Waals surface area (Å²) in [5.74, 6) is 0.210. The molecule has 0 fully saturated rings. The number of rotatable bonds is 3. The van der Waals surface area contributed by atoms with Crippen LogP contribution in [0.4, 0.5) is 0 Å². The third kappa shape index (κ3) is 2.42. The van der Waals surface area contributed by atoms with Crippen molar-refractivity contribution in [2.24, 2.45) is 0 Å². The molecule has 1 unspecified atom stereocenters. The molecule has 1 atom stereocenters. The summed E-state index contributed by atoms with van der Waals surface area (Å²) < 4.78 is 0. The van der Waals surface area contributed by atoms with E-state index >= 15 is 0 Å². The molecule has 0 aliphatic heterocycles. The lowest BCUT2D eigenvalue weighted by Crippen LogP contribution is -2.13. The van der Waals surface area contributed by atoms with Crippen LogP contribution in [0.1, 0.15) is 12.5 Å². The topological polar surface area (TPSA) is 37.3 Å². The highest BCUT2D eigenvalue weighted by Crippen LogP contribution is 2.28. The van der Waals surface area contributed by atoms with E-state index in [1.54, 1.807) is 12.1 Å². The van der Waals surface area contributed by atoms with Gasteiger partial charge in [0, 0.05) is 5.39 Å². The molecule has 1 N–H and O–H groups in total. The van der Waals surface area contributed by atoms with Crippen LogP contribution in [-0.4, -0.2) is 16.3 Å². The van der Waals surface area contributed by atoms with E-state index < -0.39 is 5.38 Å². The summed E-state index contributed by atoms with van der Waals surface area (Å²) in [5, 5.41) is 11.0. The number of phenols is 1. The Morgan fingerprint density at radius 3 is 2.59 bits per heavy atom. The first-order chi connectivity index (χ1) is 8.09. The van der Waals surface area contributed by atoms with Crippen LogP contribution >= 0.6 is 11.6 Å². The van der Waals surface area contributed by atoms with E-state index in [4.69, 9.17) is 11.6 Å². The Labute approximate surface area is 105 Å². The second-order valence-electron chi connectivity index (χ2n) is 4.07. The molecule has 0 saturated carbocycles. The molecule has 0 aliphatic carbocycles. The summed E-state index contributed by atoms with van der Waals surface area (Å²) in [6.45, 7) is 1.49. The highest BCUT2D eigenvalue weighted by molar-refractivity contribution is 6.31. The molecule has 0 bridgehead atoms. The largest absolute Gasteiger partial charge is 0.507 e. The molecule has 88 valence electrons. The van der Waals surface area contributed by atoms with Crippen LogP contribution in [0.15, 0.2) is 36.4 Å². The van der Waals surface area contributed by atoms with Crippen LogP contribution < -0.4 is 0 Å². The summed E-state index contributed by atoms with van der Waals surface area (Å²) >= 11 is 5.98. The van der Waals surface area contributed by atoms with Gasteiger partial charge in [0.25, 0.3) is 0 Å². The third-order valence-electron chi connectivity index (χ3n) is 2.83. The summed E-state index contributed by atoms with van der Waals surface area (Å²) in [6, 6.07) is 11.0. The summed E-state index contributed by atoms with van der Waals surface area (Å²) in [5.41, 5.74) is 0.980. The van der Waals surface area contributed by atoms with Crippen molar-refractivity contribution in [1.82, 2.24) is 0 Å². The maximum absolute atomic E-state index is 11.2. The number of carbonyl (C=O) groups is 1. The zero-order valence-electron chi connectivity index (χ0n) is 9.48. The second kappa shape index (κ2) is 4.76. The molecule has 17 heavy (non-hydrogen) atoms. The normalized spacial score (nSPS) is 12.6. The molecule has 2 nitrogen and oxygen atoms in total. The Balaban J connectivity index is 2.48. The fourth-order valence-electron chi connectivity index (χ4n) is 1.87. The number of halogens is 1. The van der Waals surface area contributed by atoms with Crippen LogP contribution in [0, 0.1) is 0 Å². The molecule has 3 heteroatoms. The lowest BCUT2D eigenvalue weighted by molar-refractivity contribution is -0.116. The lowest BCUT2D eigenvalue weighted by Gasteiger charge is -2.09. The molecule has 0 aliphatic rings. The minimum atomic E-state index is -0.511. The number of fused-ring (bicyclic) bond motifs is 1. The molecular weight excluding hydrogens is 236 g/mol. The number of carbonyl (C=O) groups excluding carboxylic acids is 1. The maximum Gasteiger partial charge on any atom is 0.147 e. The van der Waals surface area contributed by atoms with E-state index in [2.05, 4.69) is 0 Å². The average molecular weight is 249 g/mol. The van der Waals surface area contributed by atoms with Gasteiger partial charge in [-0.25, -0.2) is 0 Å². The SMILES string of the molecule is CC(=O)C(Cl)Cc1cccc2c(O)cccc12. The van der Waals surface area contributed by atoms with Gasteiger partial charge in [-0.15, -0.1) is 11.6 Å². The summed E-state index contributed by atoms with van der Waals surface area (Å²) in [7, 11) is 0. The number of phenolic OH excluding ortho intramolecular Hbond substituents is 1. The van der Waals surface area contributed by atoms with Crippen molar-refractivity contribution in [2.45, 2.75) is 18.7 Å². The molecule has 2 rings (SSSR count). The van der Waals surface area contributed by atoms with Crippen molar-refractivity contribution in [3.05, 3.63) is 42.0 Å². The quantitative estimate of drug-likeness (QED) is 0.847. The van der Waals surface area contributed by atoms with E-state index in [-0.39, 0.29) is 11.5 Å².